The number of Topliss-reactive ketones (excluding diaryl/α,β-unsaturated/α-hetero) is 1. The molecule has 23 heteroatoms. The average Bonchev–Trinajstić information content (AvgIpc) is 4.15. The van der Waals surface area contributed by atoms with Gasteiger partial charge in [0.1, 0.15) is 60.1 Å². The van der Waals surface area contributed by atoms with Crippen LogP contribution in [0.15, 0.2) is 39.6 Å². The summed E-state index contributed by atoms with van der Waals surface area (Å²) in [5.74, 6) is -7.67. The van der Waals surface area contributed by atoms with Crippen LogP contribution in [0.2, 0.25) is 0 Å². The largest absolute Gasteiger partial charge is 0.508 e. The molecule has 10 atom stereocenters. The first kappa shape index (κ1) is 60.2. The van der Waals surface area contributed by atoms with Crippen LogP contribution in [0.5, 0.6) is 5.75 Å². The first-order valence-corrected chi connectivity index (χ1v) is 27.1. The Morgan fingerprint density at radius 1 is 0.882 bits per heavy atom. The number of aliphatic hydroxyl groups excluding tert-OH is 1. The third kappa shape index (κ3) is 16.0. The number of fused-ring (bicyclic) bond motifs is 4. The monoisotopic (exact) mass is 1120 g/mol. The summed E-state index contributed by atoms with van der Waals surface area (Å²) in [6.07, 6.45) is 4.48. The lowest BCUT2D eigenvalue weighted by molar-refractivity contribution is -0.144. The standard InChI is InChI=1S/C53H75BrN10O12/c1-9-14-36(60-49(72)42(28(6)10-2)63-50(73)43(67)29(7)11-3)47(70)61-37-15-12-21-55-46(69)39(25-34-33-24-32(65)18-19-35(33)59-45(34)54)58-41(66)20-17-31-26-76-52(57-31)30(8)56-51(74)44(68)38(23-27(4)5)62-48(71)40-16-13-22-64(40)53(37)75/h17-20,24,26-30,36-40,42-43,59,65,67H,9-16,21-23,25H2,1-8H3,(H,55,69)(H,56,74)(H,58,66)(H,60,72)(H,61,70)(H,62,71)(H,63,73)/b20-17+/t28?,29-,30-,36?,37?,38?,39?,40?,42-,43-/m0/s1. The first-order chi connectivity index (χ1) is 36.1. The zero-order valence-corrected chi connectivity index (χ0v) is 46.1. The number of phenolic OH excluding ortho intramolecular Hbond substituents is 1. The maximum absolute atomic E-state index is 14.8. The number of aliphatic hydroxyl groups is 1. The van der Waals surface area contributed by atoms with E-state index in [1.54, 1.807) is 26.8 Å². The van der Waals surface area contributed by atoms with Gasteiger partial charge >= 0.3 is 0 Å². The van der Waals surface area contributed by atoms with Crippen LogP contribution >= 0.6 is 15.9 Å². The number of hydrogen-bond donors (Lipinski definition) is 10. The number of phenols is 1. The second-order valence-corrected chi connectivity index (χ2v) is 21.1. The van der Waals surface area contributed by atoms with Gasteiger partial charge in [0.2, 0.25) is 53.0 Å². The molecule has 1 saturated heterocycles. The quantitative estimate of drug-likeness (QED) is 0.0923. The Hall–Kier alpha value is -6.62. The van der Waals surface area contributed by atoms with E-state index >= 15 is 0 Å². The molecule has 0 saturated carbocycles. The van der Waals surface area contributed by atoms with E-state index in [2.05, 4.69) is 63.1 Å². The van der Waals surface area contributed by atoms with Gasteiger partial charge in [-0.15, -0.1) is 0 Å². The number of rotatable bonds is 16. The molecule has 10 N–H and O–H groups in total. The Bertz CT molecular complexity index is 2610. The van der Waals surface area contributed by atoms with Crippen LogP contribution in [-0.4, -0.2) is 134 Å². The maximum atomic E-state index is 14.8. The number of aromatic nitrogens is 2. The van der Waals surface area contributed by atoms with Crippen LogP contribution in [0.25, 0.3) is 17.0 Å². The van der Waals surface area contributed by atoms with Crippen molar-refractivity contribution in [1.82, 2.24) is 52.1 Å². The average molecular weight is 1120 g/mol. The molecule has 4 heterocycles. The Labute approximate surface area is 451 Å². The summed E-state index contributed by atoms with van der Waals surface area (Å²) in [6, 6.07) is -3.47. The smallest absolute Gasteiger partial charge is 0.290 e. The molecule has 8 amide bonds. The molecule has 1 fully saturated rings. The van der Waals surface area contributed by atoms with Crippen molar-refractivity contribution >= 4 is 85.9 Å². The predicted octanol–water partition coefficient (Wildman–Crippen LogP) is 3.25. The molecule has 2 aliphatic rings. The van der Waals surface area contributed by atoms with Gasteiger partial charge in [-0.1, -0.05) is 67.7 Å². The molecule has 22 nitrogen and oxygen atoms in total. The summed E-state index contributed by atoms with van der Waals surface area (Å²) in [6.45, 7) is 14.1. The van der Waals surface area contributed by atoms with Gasteiger partial charge in [0, 0.05) is 36.5 Å². The summed E-state index contributed by atoms with van der Waals surface area (Å²) >= 11 is 3.51. The van der Waals surface area contributed by atoms with E-state index in [9.17, 15) is 53.4 Å². The third-order valence-corrected chi connectivity index (χ3v) is 14.7. The molecule has 0 radical (unpaired) electrons. The normalized spacial score (nSPS) is 22.9. The Balaban J connectivity index is 1.48. The van der Waals surface area contributed by atoms with Crippen molar-refractivity contribution in [3.63, 3.8) is 0 Å². The number of ketones is 1. The predicted molar refractivity (Wildman–Crippen MR) is 284 cm³/mol. The summed E-state index contributed by atoms with van der Waals surface area (Å²) in [4.78, 5) is 134. The highest BCUT2D eigenvalue weighted by Gasteiger charge is 2.41. The Kier molecular flexibility index (Phi) is 22.2. The van der Waals surface area contributed by atoms with Crippen molar-refractivity contribution in [2.24, 2.45) is 17.8 Å². The summed E-state index contributed by atoms with van der Waals surface area (Å²) in [7, 11) is 0. The van der Waals surface area contributed by atoms with E-state index in [1.165, 1.54) is 36.3 Å². The zero-order chi connectivity index (χ0) is 56.0. The second kappa shape index (κ2) is 28.0. The Morgan fingerprint density at radius 2 is 1.61 bits per heavy atom. The van der Waals surface area contributed by atoms with Gasteiger partial charge < -0.3 is 61.7 Å². The van der Waals surface area contributed by atoms with Crippen LogP contribution < -0.4 is 37.2 Å². The number of nitrogens with zero attached hydrogens (tertiary/aromatic N) is 2. The number of benzene rings is 1. The fourth-order valence-corrected chi connectivity index (χ4v) is 9.74. The lowest BCUT2D eigenvalue weighted by Crippen LogP contribution is -2.60. The number of hydrogen-bond acceptors (Lipinski definition) is 13. The van der Waals surface area contributed by atoms with Crippen molar-refractivity contribution in [2.75, 3.05) is 13.1 Å². The van der Waals surface area contributed by atoms with E-state index in [-0.39, 0.29) is 80.8 Å². The van der Waals surface area contributed by atoms with Gasteiger partial charge in [0.05, 0.1) is 10.6 Å². The van der Waals surface area contributed by atoms with Gasteiger partial charge in [0.15, 0.2) is 0 Å². The fourth-order valence-electron chi connectivity index (χ4n) is 9.15. The molecular weight excluding hydrogens is 1050 g/mol. The number of nitrogens with one attached hydrogen (secondary N) is 8. The van der Waals surface area contributed by atoms with Crippen molar-refractivity contribution in [3.8, 4) is 5.75 Å². The number of carbonyl (C=O) groups excluding carboxylic acids is 9. The minimum atomic E-state index is -1.37. The lowest BCUT2D eigenvalue weighted by atomic mass is 9.95. The molecule has 2 aliphatic heterocycles. The van der Waals surface area contributed by atoms with Crippen LogP contribution in [0, 0.1) is 17.8 Å². The number of aromatic amines is 1. The number of amides is 8. The van der Waals surface area contributed by atoms with E-state index < -0.39 is 107 Å². The van der Waals surface area contributed by atoms with Crippen LogP contribution in [-0.2, 0) is 49.6 Å². The molecule has 3 aromatic rings. The Morgan fingerprint density at radius 3 is 2.29 bits per heavy atom. The second-order valence-electron chi connectivity index (χ2n) is 20.3. The molecule has 6 unspecified atom stereocenters. The molecule has 5 rings (SSSR count). The number of oxazole rings is 1. The van der Waals surface area contributed by atoms with Crippen LogP contribution in [0.1, 0.15) is 136 Å². The topological polar surface area (TPSA) is 323 Å². The van der Waals surface area contributed by atoms with Crippen LogP contribution in [0.3, 0.4) is 0 Å². The van der Waals surface area contributed by atoms with Crippen molar-refractivity contribution < 1.29 is 57.8 Å². The highest BCUT2D eigenvalue weighted by atomic mass is 79.9. The molecular formula is C53H75BrN10O12. The lowest BCUT2D eigenvalue weighted by Gasteiger charge is -2.31. The van der Waals surface area contributed by atoms with Gasteiger partial charge in [-0.3, -0.25) is 43.2 Å². The molecule has 1 aromatic carbocycles. The van der Waals surface area contributed by atoms with Gasteiger partial charge in [-0.25, -0.2) is 4.98 Å². The SMILES string of the molecule is CCCC(NC(=O)[C@@H](NC(=O)[C@@H](O)[C@@H](C)CC)C(C)CC)C(=O)NC1CCCNC(=O)C(Cc2c(Br)[nH]c3ccc(O)cc23)NC(=O)/C=C/c2coc(n2)[C@H](C)NC(=O)C(=O)C(CC(C)C)NC(=O)C2CCCN2C1=O. The molecule has 416 valence electrons. The molecule has 0 aliphatic carbocycles. The third-order valence-electron chi connectivity index (χ3n) is 14.0. The zero-order valence-electron chi connectivity index (χ0n) is 44.5. The van der Waals surface area contributed by atoms with Crippen LogP contribution in [0.4, 0.5) is 0 Å². The van der Waals surface area contributed by atoms with E-state index in [0.717, 1.165) is 6.08 Å². The molecule has 2 bridgehead atoms. The highest BCUT2D eigenvalue weighted by molar-refractivity contribution is 9.10. The highest BCUT2D eigenvalue weighted by Crippen LogP contribution is 2.31. The van der Waals surface area contributed by atoms with Crippen molar-refractivity contribution in [1.29, 1.82) is 0 Å². The first-order valence-electron chi connectivity index (χ1n) is 26.3. The van der Waals surface area contributed by atoms with Gasteiger partial charge in [-0.05, 0) is 109 Å². The molecule has 0 spiro atoms. The minimum absolute atomic E-state index is 0.00646. The number of carbonyl (C=O) groups is 9. The van der Waals surface area contributed by atoms with E-state index in [1.807, 2.05) is 27.7 Å². The minimum Gasteiger partial charge on any atom is -0.508 e. The molecule has 76 heavy (non-hydrogen) atoms. The number of H-pyrrole nitrogens is 1. The van der Waals surface area contributed by atoms with Crippen molar-refractivity contribution in [3.05, 3.63) is 52.3 Å². The number of aromatic hydroxyl groups is 1. The molecule has 2 aromatic heterocycles. The van der Waals surface area contributed by atoms with E-state index in [0.29, 0.717) is 46.8 Å². The van der Waals surface area contributed by atoms with Crippen molar-refractivity contribution in [2.45, 2.75) is 168 Å². The summed E-state index contributed by atoms with van der Waals surface area (Å²) < 4.78 is 6.08. The number of halogens is 1. The fraction of sp³-hybridized carbons (Fsp3) is 0.585. The summed E-state index contributed by atoms with van der Waals surface area (Å²) in [5, 5.41) is 40.7. The van der Waals surface area contributed by atoms with Gasteiger partial charge in [0.25, 0.3) is 5.91 Å². The van der Waals surface area contributed by atoms with E-state index in [4.69, 9.17) is 4.42 Å². The van der Waals surface area contributed by atoms with Gasteiger partial charge in [-0.2, -0.15) is 0 Å². The summed E-state index contributed by atoms with van der Waals surface area (Å²) in [5.41, 5.74) is 1.41. The maximum Gasteiger partial charge on any atom is 0.290 e.